The van der Waals surface area contributed by atoms with E-state index < -0.39 is 11.6 Å². The van der Waals surface area contributed by atoms with Gasteiger partial charge < -0.3 is 19.5 Å². The third kappa shape index (κ3) is 5.19. The Hall–Kier alpha value is -3.22. The molecule has 0 saturated heterocycles. The van der Waals surface area contributed by atoms with Gasteiger partial charge in [0, 0.05) is 11.2 Å². The SMILES string of the molecule is COc1ccc(N(CC(=O)NC(C)(C)C)C(=O)C2COc3ccccc3O2)cc1. The average Bonchev–Trinajstić information content (AvgIpc) is 2.70. The molecular formula is C22H26N2O5. The predicted octanol–water partition coefficient (Wildman–Crippen LogP) is 2.78. The van der Waals surface area contributed by atoms with Gasteiger partial charge in [-0.05, 0) is 57.2 Å². The largest absolute Gasteiger partial charge is 0.497 e. The Balaban J connectivity index is 1.83. The van der Waals surface area contributed by atoms with Crippen LogP contribution < -0.4 is 24.4 Å². The molecule has 3 rings (SSSR count). The number of methoxy groups -OCH3 is 1. The van der Waals surface area contributed by atoms with Crippen molar-refractivity contribution in [3.05, 3.63) is 48.5 Å². The molecule has 1 N–H and O–H groups in total. The molecule has 2 aromatic rings. The number of carbonyl (C=O) groups is 2. The standard InChI is InChI=1S/C22H26N2O5/c1-22(2,3)23-20(25)13-24(15-9-11-16(27-4)12-10-15)21(26)19-14-28-17-7-5-6-8-18(17)29-19/h5-12,19H,13-14H2,1-4H3,(H,23,25). The Morgan fingerprint density at radius 3 is 2.38 bits per heavy atom. The number of para-hydroxylation sites is 2. The van der Waals surface area contributed by atoms with E-state index in [0.29, 0.717) is 22.9 Å². The first-order valence-electron chi connectivity index (χ1n) is 9.42. The van der Waals surface area contributed by atoms with Gasteiger partial charge in [-0.25, -0.2) is 0 Å². The highest BCUT2D eigenvalue weighted by atomic mass is 16.6. The molecule has 0 aromatic heterocycles. The first kappa shape index (κ1) is 20.5. The van der Waals surface area contributed by atoms with Crippen LogP contribution in [0.5, 0.6) is 17.2 Å². The summed E-state index contributed by atoms with van der Waals surface area (Å²) in [4.78, 5) is 27.2. The van der Waals surface area contributed by atoms with Crippen molar-refractivity contribution in [2.75, 3.05) is 25.2 Å². The zero-order valence-corrected chi connectivity index (χ0v) is 17.1. The average molecular weight is 398 g/mol. The van der Waals surface area contributed by atoms with Gasteiger partial charge in [0.15, 0.2) is 11.5 Å². The summed E-state index contributed by atoms with van der Waals surface area (Å²) in [6.45, 7) is 5.60. The van der Waals surface area contributed by atoms with Gasteiger partial charge >= 0.3 is 0 Å². The number of ether oxygens (including phenoxy) is 3. The topological polar surface area (TPSA) is 77.1 Å². The summed E-state index contributed by atoms with van der Waals surface area (Å²) in [7, 11) is 1.57. The minimum absolute atomic E-state index is 0.0728. The van der Waals surface area contributed by atoms with Crippen LogP contribution in [0.2, 0.25) is 0 Å². The first-order chi connectivity index (χ1) is 13.8. The van der Waals surface area contributed by atoms with E-state index in [-0.39, 0.29) is 25.0 Å². The highest BCUT2D eigenvalue weighted by molar-refractivity contribution is 6.01. The summed E-state index contributed by atoms with van der Waals surface area (Å²) >= 11 is 0. The predicted molar refractivity (Wildman–Crippen MR) is 110 cm³/mol. The van der Waals surface area contributed by atoms with Crippen LogP contribution in [0.4, 0.5) is 5.69 Å². The summed E-state index contributed by atoms with van der Waals surface area (Å²) in [5.41, 5.74) is 0.164. The normalized spacial score (nSPS) is 15.4. The second kappa shape index (κ2) is 8.43. The Morgan fingerprint density at radius 2 is 1.76 bits per heavy atom. The molecule has 1 heterocycles. The number of nitrogens with one attached hydrogen (secondary N) is 1. The third-order valence-corrected chi connectivity index (χ3v) is 4.25. The highest BCUT2D eigenvalue weighted by Gasteiger charge is 2.33. The maximum atomic E-state index is 13.3. The van der Waals surface area contributed by atoms with Gasteiger partial charge in [0.25, 0.3) is 5.91 Å². The van der Waals surface area contributed by atoms with Crippen LogP contribution in [0.25, 0.3) is 0 Å². The smallest absolute Gasteiger partial charge is 0.272 e. The Labute approximate surface area is 170 Å². The lowest BCUT2D eigenvalue weighted by Gasteiger charge is -2.31. The summed E-state index contributed by atoms with van der Waals surface area (Å²) in [6.07, 6.45) is -0.852. The van der Waals surface area contributed by atoms with Crippen molar-refractivity contribution in [3.8, 4) is 17.2 Å². The van der Waals surface area contributed by atoms with Gasteiger partial charge in [0.1, 0.15) is 18.9 Å². The molecule has 1 aliphatic rings. The minimum Gasteiger partial charge on any atom is -0.497 e. The van der Waals surface area contributed by atoms with Crippen LogP contribution in [-0.2, 0) is 9.59 Å². The molecule has 0 spiro atoms. The molecular weight excluding hydrogens is 372 g/mol. The molecule has 2 amide bonds. The zero-order chi connectivity index (χ0) is 21.0. The Morgan fingerprint density at radius 1 is 1.10 bits per heavy atom. The van der Waals surface area contributed by atoms with Crippen LogP contribution in [0, 0.1) is 0 Å². The molecule has 7 heteroatoms. The quantitative estimate of drug-likeness (QED) is 0.838. The number of hydrogen-bond donors (Lipinski definition) is 1. The Kier molecular flexibility index (Phi) is 5.96. The number of fused-ring (bicyclic) bond motifs is 1. The van der Waals surface area contributed by atoms with Crippen molar-refractivity contribution in [1.29, 1.82) is 0 Å². The van der Waals surface area contributed by atoms with Gasteiger partial charge in [-0.15, -0.1) is 0 Å². The molecule has 1 unspecified atom stereocenters. The minimum atomic E-state index is -0.852. The van der Waals surface area contributed by atoms with E-state index in [1.165, 1.54) is 4.90 Å². The molecule has 0 bridgehead atoms. The lowest BCUT2D eigenvalue weighted by atomic mass is 10.1. The number of benzene rings is 2. The lowest BCUT2D eigenvalue weighted by Crippen LogP contribution is -2.52. The van der Waals surface area contributed by atoms with Crippen molar-refractivity contribution in [1.82, 2.24) is 5.32 Å². The molecule has 0 saturated carbocycles. The van der Waals surface area contributed by atoms with E-state index >= 15 is 0 Å². The van der Waals surface area contributed by atoms with Gasteiger partial charge in [0.2, 0.25) is 12.0 Å². The van der Waals surface area contributed by atoms with Crippen LogP contribution in [0.3, 0.4) is 0 Å². The van der Waals surface area contributed by atoms with Gasteiger partial charge in [-0.1, -0.05) is 12.1 Å². The van der Waals surface area contributed by atoms with E-state index in [9.17, 15) is 9.59 Å². The van der Waals surface area contributed by atoms with Crippen LogP contribution in [-0.4, -0.2) is 43.7 Å². The van der Waals surface area contributed by atoms with E-state index in [2.05, 4.69) is 5.32 Å². The second-order valence-electron chi connectivity index (χ2n) is 7.78. The second-order valence-corrected chi connectivity index (χ2v) is 7.78. The number of amides is 2. The van der Waals surface area contributed by atoms with Crippen molar-refractivity contribution >= 4 is 17.5 Å². The summed E-state index contributed by atoms with van der Waals surface area (Å²) < 4.78 is 16.7. The monoisotopic (exact) mass is 398 g/mol. The van der Waals surface area contributed by atoms with E-state index in [1.807, 2.05) is 32.9 Å². The number of carbonyl (C=O) groups excluding carboxylic acids is 2. The maximum Gasteiger partial charge on any atom is 0.272 e. The molecule has 154 valence electrons. The maximum absolute atomic E-state index is 13.3. The molecule has 1 aliphatic heterocycles. The fraction of sp³-hybridized carbons (Fsp3) is 0.364. The van der Waals surface area contributed by atoms with Gasteiger partial charge in [-0.2, -0.15) is 0 Å². The van der Waals surface area contributed by atoms with Crippen molar-refractivity contribution < 1.29 is 23.8 Å². The first-order valence-corrected chi connectivity index (χ1v) is 9.42. The summed E-state index contributed by atoms with van der Waals surface area (Å²) in [6, 6.07) is 14.1. The van der Waals surface area contributed by atoms with Crippen LogP contribution >= 0.6 is 0 Å². The van der Waals surface area contributed by atoms with Gasteiger partial charge in [-0.3, -0.25) is 14.5 Å². The van der Waals surface area contributed by atoms with Crippen LogP contribution in [0.1, 0.15) is 20.8 Å². The van der Waals surface area contributed by atoms with Crippen molar-refractivity contribution in [2.24, 2.45) is 0 Å². The molecule has 0 radical (unpaired) electrons. The van der Waals surface area contributed by atoms with E-state index in [1.54, 1.807) is 43.5 Å². The number of hydrogen-bond acceptors (Lipinski definition) is 5. The summed E-state index contributed by atoms with van der Waals surface area (Å²) in [5, 5.41) is 2.89. The van der Waals surface area contributed by atoms with E-state index in [0.717, 1.165) is 0 Å². The fourth-order valence-electron chi connectivity index (χ4n) is 2.98. The molecule has 1 atom stereocenters. The number of anilines is 1. The number of nitrogens with zero attached hydrogens (tertiary/aromatic N) is 1. The lowest BCUT2D eigenvalue weighted by molar-refractivity contribution is -0.130. The number of rotatable bonds is 5. The molecule has 0 fully saturated rings. The van der Waals surface area contributed by atoms with Gasteiger partial charge in [0.05, 0.1) is 7.11 Å². The Bertz CT molecular complexity index is 874. The fourth-order valence-corrected chi connectivity index (χ4v) is 2.98. The molecule has 0 aliphatic carbocycles. The third-order valence-electron chi connectivity index (χ3n) is 4.25. The molecule has 29 heavy (non-hydrogen) atoms. The summed E-state index contributed by atoms with van der Waals surface area (Å²) in [5.74, 6) is 1.14. The molecule has 7 nitrogen and oxygen atoms in total. The molecule has 2 aromatic carbocycles. The van der Waals surface area contributed by atoms with E-state index in [4.69, 9.17) is 14.2 Å². The highest BCUT2D eigenvalue weighted by Crippen LogP contribution is 2.32. The van der Waals surface area contributed by atoms with Crippen molar-refractivity contribution in [3.63, 3.8) is 0 Å². The van der Waals surface area contributed by atoms with Crippen LogP contribution in [0.15, 0.2) is 48.5 Å². The van der Waals surface area contributed by atoms with Crippen molar-refractivity contribution in [2.45, 2.75) is 32.4 Å². The zero-order valence-electron chi connectivity index (χ0n) is 17.1.